The number of carboxylic acids is 1. The van der Waals surface area contributed by atoms with Crippen LogP contribution in [0.15, 0.2) is 36.4 Å². The highest BCUT2D eigenvalue weighted by molar-refractivity contribution is 5.97. The summed E-state index contributed by atoms with van der Waals surface area (Å²) < 4.78 is 1.41. The zero-order valence-electron chi connectivity index (χ0n) is 16.5. The summed E-state index contributed by atoms with van der Waals surface area (Å²) in [4.78, 5) is 38.6. The van der Waals surface area contributed by atoms with Gasteiger partial charge in [-0.15, -0.1) is 0 Å². The Balaban J connectivity index is 1.69. The Hall–Kier alpha value is -3.16. The summed E-state index contributed by atoms with van der Waals surface area (Å²) >= 11 is 0. The monoisotopic (exact) mass is 398 g/mol. The quantitative estimate of drug-likeness (QED) is 0.775. The standard InChI is InChI=1S/C21H26N4O4/c1-24-18(13-16(23-24)15-9-5-4-6-10-15)20(27)22-17(21(28)29)14-19(26)25-11-7-2-3-8-12-25/h4-6,9-10,13,17H,2-3,7-8,11-12,14H2,1H3,(H,22,27)(H,28,29)/t17-/m1/s1. The van der Waals surface area contributed by atoms with Gasteiger partial charge in [0, 0.05) is 25.7 Å². The van der Waals surface area contributed by atoms with E-state index in [4.69, 9.17) is 0 Å². The Morgan fingerprint density at radius 1 is 1.10 bits per heavy atom. The van der Waals surface area contributed by atoms with Crippen LogP contribution in [0.5, 0.6) is 0 Å². The number of nitrogens with one attached hydrogen (secondary N) is 1. The Kier molecular flexibility index (Phi) is 6.64. The van der Waals surface area contributed by atoms with E-state index >= 15 is 0 Å². The first-order valence-corrected chi connectivity index (χ1v) is 9.86. The number of carbonyl (C=O) groups is 3. The molecule has 0 radical (unpaired) electrons. The highest BCUT2D eigenvalue weighted by atomic mass is 16.4. The first-order valence-electron chi connectivity index (χ1n) is 9.86. The molecule has 8 heteroatoms. The number of carboxylic acid groups (broad SMARTS) is 1. The van der Waals surface area contributed by atoms with Crippen molar-refractivity contribution in [2.24, 2.45) is 7.05 Å². The SMILES string of the molecule is Cn1nc(-c2ccccc2)cc1C(=O)N[C@H](CC(=O)N1CCCCCC1)C(=O)O. The summed E-state index contributed by atoms with van der Waals surface area (Å²) in [6.45, 7) is 1.28. The molecule has 1 aromatic carbocycles. The maximum atomic E-state index is 12.7. The van der Waals surface area contributed by atoms with Crippen LogP contribution in [0.1, 0.15) is 42.6 Å². The van der Waals surface area contributed by atoms with Gasteiger partial charge in [-0.2, -0.15) is 5.10 Å². The predicted molar refractivity (Wildman–Crippen MR) is 107 cm³/mol. The molecule has 0 bridgehead atoms. The minimum absolute atomic E-state index is 0.234. The third-order valence-electron chi connectivity index (χ3n) is 5.12. The molecule has 1 fully saturated rings. The minimum Gasteiger partial charge on any atom is -0.480 e. The van der Waals surface area contributed by atoms with Gasteiger partial charge in [0.1, 0.15) is 11.7 Å². The number of nitrogens with zero attached hydrogens (tertiary/aromatic N) is 3. The molecule has 1 aliphatic rings. The van der Waals surface area contributed by atoms with E-state index in [1.807, 2.05) is 30.3 Å². The number of hydrogen-bond acceptors (Lipinski definition) is 4. The summed E-state index contributed by atoms with van der Waals surface area (Å²) in [6.07, 6.45) is 3.74. The molecule has 1 saturated heterocycles. The van der Waals surface area contributed by atoms with Crippen LogP contribution in [0, 0.1) is 0 Å². The molecule has 2 amide bonds. The molecule has 3 rings (SSSR count). The maximum absolute atomic E-state index is 12.7. The van der Waals surface area contributed by atoms with Gasteiger partial charge in [0.15, 0.2) is 0 Å². The van der Waals surface area contributed by atoms with Gasteiger partial charge in [0.25, 0.3) is 5.91 Å². The average Bonchev–Trinajstić information content (AvgIpc) is 2.91. The number of carbonyl (C=O) groups excluding carboxylic acids is 2. The second kappa shape index (κ2) is 9.36. The molecular formula is C21H26N4O4. The molecule has 2 aromatic rings. The lowest BCUT2D eigenvalue weighted by atomic mass is 10.1. The minimum atomic E-state index is -1.28. The highest BCUT2D eigenvalue weighted by Gasteiger charge is 2.28. The summed E-state index contributed by atoms with van der Waals surface area (Å²) in [7, 11) is 1.62. The Morgan fingerprint density at radius 3 is 2.38 bits per heavy atom. The van der Waals surface area contributed by atoms with Crippen LogP contribution in [-0.4, -0.2) is 56.7 Å². The molecular weight excluding hydrogens is 372 g/mol. The number of likely N-dealkylation sites (tertiary alicyclic amines) is 1. The van der Waals surface area contributed by atoms with Crippen molar-refractivity contribution >= 4 is 17.8 Å². The zero-order valence-corrected chi connectivity index (χ0v) is 16.5. The lowest BCUT2D eigenvalue weighted by Crippen LogP contribution is -2.45. The number of rotatable bonds is 6. The molecule has 1 atom stereocenters. The molecule has 0 saturated carbocycles. The molecule has 2 heterocycles. The Labute approximate surface area is 169 Å². The number of amides is 2. The summed E-state index contributed by atoms with van der Waals surface area (Å²) in [6, 6.07) is 9.72. The van der Waals surface area contributed by atoms with Crippen LogP contribution in [0.2, 0.25) is 0 Å². The van der Waals surface area contributed by atoms with Crippen LogP contribution in [0.4, 0.5) is 0 Å². The molecule has 0 aliphatic carbocycles. The number of aliphatic carboxylic acids is 1. The average molecular weight is 398 g/mol. The summed E-state index contributed by atoms with van der Waals surface area (Å²) in [5.74, 6) is -2.04. The van der Waals surface area contributed by atoms with Crippen LogP contribution in [0.25, 0.3) is 11.3 Å². The van der Waals surface area contributed by atoms with Gasteiger partial charge in [0.05, 0.1) is 12.1 Å². The van der Waals surface area contributed by atoms with Crippen molar-refractivity contribution in [2.45, 2.75) is 38.1 Å². The van der Waals surface area contributed by atoms with E-state index in [2.05, 4.69) is 10.4 Å². The number of benzene rings is 1. The number of aromatic nitrogens is 2. The third-order valence-corrected chi connectivity index (χ3v) is 5.12. The molecule has 2 N–H and O–H groups in total. The van der Waals surface area contributed by atoms with Crippen molar-refractivity contribution in [3.8, 4) is 11.3 Å². The van der Waals surface area contributed by atoms with E-state index in [-0.39, 0.29) is 18.0 Å². The fraction of sp³-hybridized carbons (Fsp3) is 0.429. The van der Waals surface area contributed by atoms with Crippen LogP contribution in [0.3, 0.4) is 0 Å². The van der Waals surface area contributed by atoms with Crippen LogP contribution < -0.4 is 5.32 Å². The lowest BCUT2D eigenvalue weighted by molar-refractivity contribution is -0.143. The fourth-order valence-electron chi connectivity index (χ4n) is 3.49. The molecule has 154 valence electrons. The highest BCUT2D eigenvalue weighted by Crippen LogP contribution is 2.18. The van der Waals surface area contributed by atoms with Gasteiger partial charge >= 0.3 is 5.97 Å². The van der Waals surface area contributed by atoms with Crippen molar-refractivity contribution < 1.29 is 19.5 Å². The molecule has 0 unspecified atom stereocenters. The fourth-order valence-corrected chi connectivity index (χ4v) is 3.49. The normalized spacial score (nSPS) is 15.4. The van der Waals surface area contributed by atoms with E-state index in [1.165, 1.54) is 4.68 Å². The van der Waals surface area contributed by atoms with Crippen molar-refractivity contribution in [1.82, 2.24) is 20.0 Å². The largest absolute Gasteiger partial charge is 0.480 e. The van der Waals surface area contributed by atoms with Crippen molar-refractivity contribution in [3.63, 3.8) is 0 Å². The lowest BCUT2D eigenvalue weighted by Gasteiger charge is -2.22. The Bertz CT molecular complexity index is 870. The van der Waals surface area contributed by atoms with Crippen LogP contribution >= 0.6 is 0 Å². The zero-order chi connectivity index (χ0) is 20.8. The van der Waals surface area contributed by atoms with E-state index in [9.17, 15) is 19.5 Å². The second-order valence-corrected chi connectivity index (χ2v) is 7.27. The van der Waals surface area contributed by atoms with Gasteiger partial charge in [-0.25, -0.2) is 4.79 Å². The number of hydrogen-bond donors (Lipinski definition) is 2. The molecule has 29 heavy (non-hydrogen) atoms. The van der Waals surface area contributed by atoms with Crippen molar-refractivity contribution in [2.75, 3.05) is 13.1 Å². The van der Waals surface area contributed by atoms with E-state index < -0.39 is 17.9 Å². The van der Waals surface area contributed by atoms with Gasteiger partial charge in [-0.1, -0.05) is 43.2 Å². The van der Waals surface area contributed by atoms with Gasteiger partial charge in [-0.3, -0.25) is 14.3 Å². The van der Waals surface area contributed by atoms with Gasteiger partial charge in [0.2, 0.25) is 5.91 Å². The molecule has 0 spiro atoms. The number of aryl methyl sites for hydroxylation is 1. The van der Waals surface area contributed by atoms with Crippen molar-refractivity contribution in [1.29, 1.82) is 0 Å². The summed E-state index contributed by atoms with van der Waals surface area (Å²) in [5.41, 5.74) is 1.70. The first-order chi connectivity index (χ1) is 14.0. The maximum Gasteiger partial charge on any atom is 0.326 e. The molecule has 1 aromatic heterocycles. The third kappa shape index (κ3) is 5.22. The van der Waals surface area contributed by atoms with Crippen molar-refractivity contribution in [3.05, 3.63) is 42.1 Å². The topological polar surface area (TPSA) is 105 Å². The predicted octanol–water partition coefficient (Wildman–Crippen LogP) is 2.06. The van der Waals surface area contributed by atoms with Gasteiger partial charge in [-0.05, 0) is 18.9 Å². The van der Waals surface area contributed by atoms with Crippen LogP contribution in [-0.2, 0) is 16.6 Å². The molecule has 8 nitrogen and oxygen atoms in total. The van der Waals surface area contributed by atoms with Gasteiger partial charge < -0.3 is 15.3 Å². The summed E-state index contributed by atoms with van der Waals surface area (Å²) in [5, 5.41) is 16.3. The Morgan fingerprint density at radius 2 is 1.76 bits per heavy atom. The smallest absolute Gasteiger partial charge is 0.326 e. The second-order valence-electron chi connectivity index (χ2n) is 7.27. The van der Waals surface area contributed by atoms with E-state index in [0.29, 0.717) is 18.8 Å². The van der Waals surface area contributed by atoms with E-state index in [1.54, 1.807) is 18.0 Å². The van der Waals surface area contributed by atoms with E-state index in [0.717, 1.165) is 31.2 Å². The molecule has 1 aliphatic heterocycles. The first kappa shape index (κ1) is 20.6.